The summed E-state index contributed by atoms with van der Waals surface area (Å²) in [5.74, 6) is 3.54. The van der Waals surface area contributed by atoms with Crippen LogP contribution in [-0.4, -0.2) is 0 Å². The molecule has 0 aromatic heterocycles. The number of fused-ring (bicyclic) bond motifs is 5. The molecule has 4 rings (SSSR count). The van der Waals surface area contributed by atoms with Gasteiger partial charge in [-0.3, -0.25) is 0 Å². The van der Waals surface area contributed by atoms with E-state index >= 15 is 0 Å². The number of allylic oxidation sites excluding steroid dienone is 3. The quantitative estimate of drug-likeness (QED) is 0.405. The summed E-state index contributed by atoms with van der Waals surface area (Å²) in [5.41, 5.74) is 5.19. The second-order valence-corrected chi connectivity index (χ2v) is 13.6. The van der Waals surface area contributed by atoms with Crippen molar-refractivity contribution in [1.82, 2.24) is 0 Å². The first-order valence-corrected chi connectivity index (χ1v) is 13.3. The summed E-state index contributed by atoms with van der Waals surface area (Å²) >= 11 is 0. The van der Waals surface area contributed by atoms with E-state index in [0.29, 0.717) is 21.7 Å². The summed E-state index contributed by atoms with van der Waals surface area (Å²) in [4.78, 5) is 0. The SMILES string of the molecule is C=C(CCC=C(C)C)[C@H]1CC[C@]2(C)[C@@H]1CC[C@@H]1[C@@]3(C)CCCC(C)(C)[C@H]3CC[C@]12C. The van der Waals surface area contributed by atoms with Gasteiger partial charge in [0.2, 0.25) is 0 Å². The van der Waals surface area contributed by atoms with Gasteiger partial charge in [-0.15, -0.1) is 0 Å². The van der Waals surface area contributed by atoms with Crippen molar-refractivity contribution in [2.75, 3.05) is 0 Å². The average Bonchev–Trinajstić information content (AvgIpc) is 2.99. The molecule has 170 valence electrons. The van der Waals surface area contributed by atoms with E-state index in [9.17, 15) is 0 Å². The van der Waals surface area contributed by atoms with Gasteiger partial charge in [0.15, 0.2) is 0 Å². The lowest BCUT2D eigenvalue weighted by molar-refractivity contribution is -0.201. The molecule has 0 N–H and O–H groups in total. The van der Waals surface area contributed by atoms with Gasteiger partial charge in [-0.25, -0.2) is 0 Å². The molecule has 30 heavy (non-hydrogen) atoms. The van der Waals surface area contributed by atoms with Crippen LogP contribution in [0.2, 0.25) is 0 Å². The van der Waals surface area contributed by atoms with Gasteiger partial charge in [-0.2, -0.15) is 0 Å². The minimum atomic E-state index is 0.523. The van der Waals surface area contributed by atoms with Crippen molar-refractivity contribution in [2.24, 2.45) is 45.3 Å². The van der Waals surface area contributed by atoms with E-state index in [2.05, 4.69) is 61.1 Å². The highest BCUT2D eigenvalue weighted by Crippen LogP contribution is 2.75. The van der Waals surface area contributed by atoms with Crippen molar-refractivity contribution in [3.05, 3.63) is 23.8 Å². The van der Waals surface area contributed by atoms with Gasteiger partial charge in [0, 0.05) is 0 Å². The zero-order valence-electron chi connectivity index (χ0n) is 21.4. The highest BCUT2D eigenvalue weighted by atomic mass is 14.7. The molecular formula is C30H50. The van der Waals surface area contributed by atoms with Crippen LogP contribution in [-0.2, 0) is 0 Å². The molecule has 0 heteroatoms. The fourth-order valence-corrected chi connectivity index (χ4v) is 10.1. The van der Waals surface area contributed by atoms with E-state index in [0.717, 1.165) is 23.7 Å². The zero-order valence-corrected chi connectivity index (χ0v) is 21.4. The molecule has 0 heterocycles. The molecule has 7 atom stereocenters. The lowest BCUT2D eigenvalue weighted by Gasteiger charge is -2.69. The Balaban J connectivity index is 1.58. The van der Waals surface area contributed by atoms with E-state index in [-0.39, 0.29) is 0 Å². The van der Waals surface area contributed by atoms with Gasteiger partial charge < -0.3 is 0 Å². The monoisotopic (exact) mass is 410 g/mol. The number of hydrogen-bond acceptors (Lipinski definition) is 0. The smallest absolute Gasteiger partial charge is 0.0172 e. The van der Waals surface area contributed by atoms with Crippen LogP contribution in [0, 0.1) is 45.3 Å². The Hall–Kier alpha value is -0.520. The third-order valence-electron chi connectivity index (χ3n) is 11.7. The topological polar surface area (TPSA) is 0 Å². The molecule has 4 fully saturated rings. The molecule has 0 saturated heterocycles. The van der Waals surface area contributed by atoms with Gasteiger partial charge in [0.1, 0.15) is 0 Å². The van der Waals surface area contributed by atoms with E-state index in [1.165, 1.54) is 76.2 Å². The lowest BCUT2D eigenvalue weighted by atomic mass is 9.36. The van der Waals surface area contributed by atoms with Crippen LogP contribution in [0.1, 0.15) is 119 Å². The van der Waals surface area contributed by atoms with Gasteiger partial charge in [0.25, 0.3) is 0 Å². The highest BCUT2D eigenvalue weighted by Gasteiger charge is 2.67. The van der Waals surface area contributed by atoms with Crippen molar-refractivity contribution in [3.8, 4) is 0 Å². The van der Waals surface area contributed by atoms with Crippen molar-refractivity contribution >= 4 is 0 Å². The van der Waals surface area contributed by atoms with E-state index in [1.807, 2.05) is 0 Å². The Morgan fingerprint density at radius 1 is 0.833 bits per heavy atom. The first-order valence-electron chi connectivity index (χ1n) is 13.3. The maximum atomic E-state index is 4.65. The Labute approximate surface area is 188 Å². The van der Waals surface area contributed by atoms with Crippen LogP contribution in [0.15, 0.2) is 23.8 Å². The average molecular weight is 411 g/mol. The summed E-state index contributed by atoms with van der Waals surface area (Å²) < 4.78 is 0. The number of hydrogen-bond donors (Lipinski definition) is 0. The lowest BCUT2D eigenvalue weighted by Crippen LogP contribution is -2.62. The minimum Gasteiger partial charge on any atom is -0.0996 e. The molecule has 4 aliphatic rings. The third-order valence-corrected chi connectivity index (χ3v) is 11.7. The summed E-state index contributed by atoms with van der Waals surface area (Å²) in [5, 5.41) is 0. The van der Waals surface area contributed by atoms with Crippen LogP contribution in [0.25, 0.3) is 0 Å². The van der Waals surface area contributed by atoms with Gasteiger partial charge in [0.05, 0.1) is 0 Å². The summed E-state index contributed by atoms with van der Waals surface area (Å²) in [6, 6.07) is 0. The van der Waals surface area contributed by atoms with E-state index in [4.69, 9.17) is 0 Å². The van der Waals surface area contributed by atoms with Crippen LogP contribution in [0.5, 0.6) is 0 Å². The molecule has 0 amide bonds. The highest BCUT2D eigenvalue weighted by molar-refractivity contribution is 5.20. The molecule has 0 aromatic rings. The predicted molar refractivity (Wildman–Crippen MR) is 131 cm³/mol. The molecule has 0 spiro atoms. The standard InChI is InChI=1S/C30H50/c1-21(2)11-9-12-22(3)23-15-19-29(7)24(23)13-14-26-28(6)18-10-17-27(4,5)25(28)16-20-30(26,29)8/h11,23-26H,3,9-10,12-20H2,1-2,4-8H3/t23-,24-,25-,26-,28+,29-,30-/m1/s1. The Bertz CT molecular complexity index is 706. The predicted octanol–water partition coefficient (Wildman–Crippen LogP) is 9.36. The van der Waals surface area contributed by atoms with E-state index < -0.39 is 0 Å². The maximum absolute atomic E-state index is 4.65. The fraction of sp³-hybridized carbons (Fsp3) is 0.867. The normalized spacial score (nSPS) is 47.0. The largest absolute Gasteiger partial charge is 0.0996 e. The molecule has 0 aromatic carbocycles. The van der Waals surface area contributed by atoms with Gasteiger partial charge >= 0.3 is 0 Å². The molecule has 0 aliphatic heterocycles. The maximum Gasteiger partial charge on any atom is -0.0172 e. The molecule has 0 bridgehead atoms. The van der Waals surface area contributed by atoms with Crippen molar-refractivity contribution in [1.29, 1.82) is 0 Å². The Kier molecular flexibility index (Phi) is 5.68. The van der Waals surface area contributed by atoms with Crippen molar-refractivity contribution < 1.29 is 0 Å². The van der Waals surface area contributed by atoms with Gasteiger partial charge in [-0.1, -0.05) is 64.8 Å². The second kappa shape index (κ2) is 7.52. The molecule has 4 saturated carbocycles. The molecule has 0 nitrogen and oxygen atoms in total. The minimum absolute atomic E-state index is 0.523. The third kappa shape index (κ3) is 3.21. The first-order chi connectivity index (χ1) is 14.0. The van der Waals surface area contributed by atoms with Crippen LogP contribution in [0.4, 0.5) is 0 Å². The molecular weight excluding hydrogens is 360 g/mol. The molecule has 4 aliphatic carbocycles. The number of rotatable bonds is 4. The molecule has 0 radical (unpaired) electrons. The van der Waals surface area contributed by atoms with E-state index in [1.54, 1.807) is 5.57 Å². The van der Waals surface area contributed by atoms with Crippen molar-refractivity contribution in [3.63, 3.8) is 0 Å². The van der Waals surface area contributed by atoms with Crippen LogP contribution in [0.3, 0.4) is 0 Å². The second-order valence-electron chi connectivity index (χ2n) is 13.6. The summed E-state index contributed by atoms with van der Waals surface area (Å²) in [7, 11) is 0. The summed E-state index contributed by atoms with van der Waals surface area (Å²) in [6.07, 6.45) is 17.9. The van der Waals surface area contributed by atoms with Gasteiger partial charge in [-0.05, 0) is 123 Å². The zero-order chi connectivity index (χ0) is 21.9. The Morgan fingerprint density at radius 3 is 2.23 bits per heavy atom. The Morgan fingerprint density at radius 2 is 1.53 bits per heavy atom. The van der Waals surface area contributed by atoms with Crippen molar-refractivity contribution in [2.45, 2.75) is 119 Å². The molecule has 0 unspecified atom stereocenters. The van der Waals surface area contributed by atoms with Crippen LogP contribution < -0.4 is 0 Å². The summed E-state index contributed by atoms with van der Waals surface area (Å²) in [6.45, 7) is 22.5. The fourth-order valence-electron chi connectivity index (χ4n) is 10.1. The van der Waals surface area contributed by atoms with Crippen LogP contribution >= 0.6 is 0 Å². The first kappa shape index (κ1) is 22.7.